The number of urea groups is 1. The first kappa shape index (κ1) is 20.5. The minimum atomic E-state index is -0.241. The zero-order chi connectivity index (χ0) is 20.1. The molecular weight excluding hydrogens is 354 g/mol. The van der Waals surface area contributed by atoms with E-state index < -0.39 is 0 Å². The summed E-state index contributed by atoms with van der Waals surface area (Å²) in [6.45, 7) is 10.4. The van der Waals surface area contributed by atoms with Gasteiger partial charge in [-0.1, -0.05) is 30.3 Å². The van der Waals surface area contributed by atoms with Crippen molar-refractivity contribution in [3.63, 3.8) is 0 Å². The van der Waals surface area contributed by atoms with Crippen LogP contribution >= 0.6 is 0 Å². The van der Waals surface area contributed by atoms with Crippen LogP contribution < -0.4 is 0 Å². The van der Waals surface area contributed by atoms with Crippen LogP contribution in [-0.2, 0) is 11.3 Å². The van der Waals surface area contributed by atoms with Crippen molar-refractivity contribution in [1.82, 2.24) is 14.7 Å². The highest BCUT2D eigenvalue weighted by Crippen LogP contribution is 2.24. The molecule has 2 heterocycles. The lowest BCUT2D eigenvalue weighted by atomic mass is 9.96. The number of amides is 3. The number of hydrogen-bond donors (Lipinski definition) is 0. The van der Waals surface area contributed by atoms with Crippen molar-refractivity contribution in [3.8, 4) is 0 Å². The predicted octanol–water partition coefficient (Wildman–Crippen LogP) is 3.96. The van der Waals surface area contributed by atoms with Crippen molar-refractivity contribution in [1.29, 1.82) is 0 Å². The van der Waals surface area contributed by atoms with Gasteiger partial charge in [-0.05, 0) is 51.5 Å². The molecule has 3 amide bonds. The van der Waals surface area contributed by atoms with E-state index in [-0.39, 0.29) is 17.7 Å². The van der Waals surface area contributed by atoms with Gasteiger partial charge in [0.15, 0.2) is 0 Å². The Bertz CT molecular complexity index is 663. The van der Waals surface area contributed by atoms with Gasteiger partial charge >= 0.3 is 12.1 Å². The molecule has 2 aliphatic rings. The SMILES string of the molecule is CC(C)(C)N1CCCN(CC2CCN(C(=O)OCc3ccccc3)CC2)C1=O. The van der Waals surface area contributed by atoms with E-state index in [2.05, 4.69) is 20.8 Å². The highest BCUT2D eigenvalue weighted by molar-refractivity contribution is 5.76. The predicted molar refractivity (Wildman–Crippen MR) is 109 cm³/mol. The van der Waals surface area contributed by atoms with E-state index in [1.54, 1.807) is 4.90 Å². The molecule has 0 bridgehead atoms. The van der Waals surface area contributed by atoms with E-state index in [1.807, 2.05) is 40.1 Å². The minimum Gasteiger partial charge on any atom is -0.445 e. The van der Waals surface area contributed by atoms with Gasteiger partial charge in [-0.25, -0.2) is 9.59 Å². The van der Waals surface area contributed by atoms with E-state index in [0.29, 0.717) is 25.6 Å². The number of ether oxygens (including phenoxy) is 1. The van der Waals surface area contributed by atoms with Crippen LogP contribution in [0.25, 0.3) is 0 Å². The summed E-state index contributed by atoms with van der Waals surface area (Å²) in [5, 5.41) is 0. The molecule has 0 N–H and O–H groups in total. The third-order valence-electron chi connectivity index (χ3n) is 5.68. The number of nitrogens with zero attached hydrogens (tertiary/aromatic N) is 3. The van der Waals surface area contributed by atoms with Gasteiger partial charge in [-0.2, -0.15) is 0 Å². The van der Waals surface area contributed by atoms with Crippen LogP contribution in [0.2, 0.25) is 0 Å². The first-order chi connectivity index (χ1) is 13.3. The van der Waals surface area contributed by atoms with Crippen molar-refractivity contribution in [2.24, 2.45) is 5.92 Å². The summed E-state index contributed by atoms with van der Waals surface area (Å²) in [6.07, 6.45) is 2.61. The molecule has 0 aliphatic carbocycles. The Kier molecular flexibility index (Phi) is 6.47. The van der Waals surface area contributed by atoms with Gasteiger partial charge < -0.3 is 19.4 Å². The molecule has 28 heavy (non-hydrogen) atoms. The Balaban J connectivity index is 1.43. The van der Waals surface area contributed by atoms with E-state index in [1.165, 1.54) is 0 Å². The number of piperidine rings is 1. The zero-order valence-electron chi connectivity index (χ0n) is 17.4. The lowest BCUT2D eigenvalue weighted by Gasteiger charge is -2.44. The van der Waals surface area contributed by atoms with Crippen molar-refractivity contribution < 1.29 is 14.3 Å². The van der Waals surface area contributed by atoms with Gasteiger partial charge in [-0.15, -0.1) is 0 Å². The fraction of sp³-hybridized carbons (Fsp3) is 0.636. The smallest absolute Gasteiger partial charge is 0.410 e. The Morgan fingerprint density at radius 2 is 1.75 bits per heavy atom. The Hall–Kier alpha value is -2.24. The van der Waals surface area contributed by atoms with Gasteiger partial charge in [-0.3, -0.25) is 0 Å². The molecule has 0 radical (unpaired) electrons. The van der Waals surface area contributed by atoms with Crippen LogP contribution in [0.15, 0.2) is 30.3 Å². The minimum absolute atomic E-state index is 0.137. The third kappa shape index (κ3) is 5.18. The molecule has 154 valence electrons. The third-order valence-corrected chi connectivity index (χ3v) is 5.68. The highest BCUT2D eigenvalue weighted by Gasteiger charge is 2.34. The molecule has 0 aromatic heterocycles. The second kappa shape index (κ2) is 8.84. The summed E-state index contributed by atoms with van der Waals surface area (Å²) in [7, 11) is 0. The lowest BCUT2D eigenvalue weighted by molar-refractivity contribution is 0.0624. The highest BCUT2D eigenvalue weighted by atomic mass is 16.6. The Labute approximate surface area is 168 Å². The molecule has 0 spiro atoms. The van der Waals surface area contributed by atoms with Crippen molar-refractivity contribution in [2.75, 3.05) is 32.7 Å². The molecule has 1 aromatic rings. The fourth-order valence-corrected chi connectivity index (χ4v) is 3.99. The van der Waals surface area contributed by atoms with Gasteiger partial charge in [0.2, 0.25) is 0 Å². The number of likely N-dealkylation sites (tertiary alicyclic amines) is 1. The normalized spacial score (nSPS) is 19.1. The van der Waals surface area contributed by atoms with Gasteiger partial charge in [0.05, 0.1) is 0 Å². The molecule has 0 saturated carbocycles. The molecule has 2 saturated heterocycles. The molecule has 6 heteroatoms. The van der Waals surface area contributed by atoms with E-state index in [0.717, 1.165) is 44.5 Å². The van der Waals surface area contributed by atoms with Crippen LogP contribution in [0.5, 0.6) is 0 Å². The molecular formula is C22H33N3O3. The second-order valence-electron chi connectivity index (χ2n) is 8.88. The molecule has 2 fully saturated rings. The largest absolute Gasteiger partial charge is 0.445 e. The fourth-order valence-electron chi connectivity index (χ4n) is 3.99. The van der Waals surface area contributed by atoms with Gasteiger partial charge in [0.1, 0.15) is 6.61 Å². The van der Waals surface area contributed by atoms with Crippen molar-refractivity contribution >= 4 is 12.1 Å². The number of benzene rings is 1. The maximum Gasteiger partial charge on any atom is 0.410 e. The summed E-state index contributed by atoms with van der Waals surface area (Å²) in [5.74, 6) is 0.446. The maximum atomic E-state index is 12.8. The first-order valence-electron chi connectivity index (χ1n) is 10.4. The van der Waals surface area contributed by atoms with Crippen LogP contribution in [-0.4, -0.2) is 65.1 Å². The topological polar surface area (TPSA) is 53.1 Å². The quantitative estimate of drug-likeness (QED) is 0.786. The zero-order valence-corrected chi connectivity index (χ0v) is 17.4. The molecule has 1 aromatic carbocycles. The number of carbonyl (C=O) groups is 2. The number of hydrogen-bond acceptors (Lipinski definition) is 3. The monoisotopic (exact) mass is 387 g/mol. The van der Waals surface area contributed by atoms with Crippen LogP contribution in [0.1, 0.15) is 45.6 Å². The Morgan fingerprint density at radius 3 is 2.39 bits per heavy atom. The van der Waals surface area contributed by atoms with E-state index >= 15 is 0 Å². The summed E-state index contributed by atoms with van der Waals surface area (Å²) < 4.78 is 5.44. The second-order valence-corrected chi connectivity index (χ2v) is 8.88. The van der Waals surface area contributed by atoms with E-state index in [9.17, 15) is 9.59 Å². The molecule has 0 unspecified atom stereocenters. The van der Waals surface area contributed by atoms with Crippen LogP contribution in [0.4, 0.5) is 9.59 Å². The standard InChI is InChI=1S/C22H33N3O3/c1-22(2,3)25-13-7-12-24(20(25)26)16-18-10-14-23(15-11-18)21(27)28-17-19-8-5-4-6-9-19/h4-6,8-9,18H,7,10-17H2,1-3H3. The summed E-state index contributed by atoms with van der Waals surface area (Å²) >= 11 is 0. The molecule has 3 rings (SSSR count). The van der Waals surface area contributed by atoms with Crippen molar-refractivity contribution in [2.45, 2.75) is 52.2 Å². The molecule has 0 atom stereocenters. The van der Waals surface area contributed by atoms with Crippen LogP contribution in [0.3, 0.4) is 0 Å². The van der Waals surface area contributed by atoms with Gasteiger partial charge in [0.25, 0.3) is 0 Å². The maximum absolute atomic E-state index is 12.8. The van der Waals surface area contributed by atoms with Crippen molar-refractivity contribution in [3.05, 3.63) is 35.9 Å². The summed E-state index contributed by atoms with van der Waals surface area (Å²) in [4.78, 5) is 30.9. The number of rotatable bonds is 4. The van der Waals surface area contributed by atoms with E-state index in [4.69, 9.17) is 4.74 Å². The lowest BCUT2D eigenvalue weighted by Crippen LogP contribution is -2.57. The first-order valence-corrected chi connectivity index (χ1v) is 10.4. The average molecular weight is 388 g/mol. The Morgan fingerprint density at radius 1 is 1.07 bits per heavy atom. The summed E-state index contributed by atoms with van der Waals surface area (Å²) in [5.41, 5.74) is 0.861. The number of carbonyl (C=O) groups excluding carboxylic acids is 2. The van der Waals surface area contributed by atoms with Gasteiger partial charge in [0, 0.05) is 38.3 Å². The summed E-state index contributed by atoms with van der Waals surface area (Å²) in [6, 6.07) is 9.90. The molecule has 6 nitrogen and oxygen atoms in total. The molecule has 2 aliphatic heterocycles. The van der Waals surface area contributed by atoms with Crippen LogP contribution in [0, 0.1) is 5.92 Å². The average Bonchev–Trinajstić information content (AvgIpc) is 2.68.